The fourth-order valence-corrected chi connectivity index (χ4v) is 1.44. The average molecular weight is 248 g/mol. The van der Waals surface area contributed by atoms with E-state index in [0.717, 1.165) is 25.4 Å². The third kappa shape index (κ3) is 6.26. The maximum Gasteiger partial charge on any atom is 0.148 e. The normalized spacial score (nSPS) is 10.0. The highest BCUT2D eigenvalue weighted by Gasteiger charge is 1.95. The van der Waals surface area contributed by atoms with Crippen molar-refractivity contribution in [2.24, 2.45) is 0 Å². The summed E-state index contributed by atoms with van der Waals surface area (Å²) in [6.45, 7) is 3.66. The highest BCUT2D eigenvalue weighted by Crippen LogP contribution is 2.11. The van der Waals surface area contributed by atoms with Crippen molar-refractivity contribution in [3.8, 4) is 18.1 Å². The third-order valence-electron chi connectivity index (χ3n) is 2.34. The van der Waals surface area contributed by atoms with E-state index in [1.807, 2.05) is 24.3 Å². The SMILES string of the molecule is C#CCOc1ccc(CNCCNCCO)cc1. The van der Waals surface area contributed by atoms with Crippen molar-refractivity contribution in [3.63, 3.8) is 0 Å². The number of benzene rings is 1. The Labute approximate surface area is 108 Å². The zero-order valence-electron chi connectivity index (χ0n) is 10.5. The third-order valence-corrected chi connectivity index (χ3v) is 2.34. The van der Waals surface area contributed by atoms with E-state index < -0.39 is 0 Å². The zero-order valence-corrected chi connectivity index (χ0v) is 10.5. The minimum absolute atomic E-state index is 0.180. The van der Waals surface area contributed by atoms with E-state index in [4.69, 9.17) is 16.3 Å². The molecule has 0 aliphatic rings. The molecule has 0 bridgehead atoms. The fraction of sp³-hybridized carbons (Fsp3) is 0.429. The van der Waals surface area contributed by atoms with Crippen LogP contribution in [-0.2, 0) is 6.54 Å². The number of nitrogens with one attached hydrogen (secondary N) is 2. The number of terminal acetylenes is 1. The molecule has 1 aromatic rings. The van der Waals surface area contributed by atoms with Gasteiger partial charge in [0, 0.05) is 26.2 Å². The molecule has 0 saturated heterocycles. The molecule has 0 heterocycles. The molecule has 1 rings (SSSR count). The molecule has 0 aromatic heterocycles. The van der Waals surface area contributed by atoms with Crippen LogP contribution in [0.2, 0.25) is 0 Å². The molecular formula is C14H20N2O2. The highest BCUT2D eigenvalue weighted by molar-refractivity contribution is 5.27. The molecule has 0 radical (unpaired) electrons. The average Bonchev–Trinajstić information content (AvgIpc) is 2.42. The van der Waals surface area contributed by atoms with Crippen LogP contribution in [0.4, 0.5) is 0 Å². The van der Waals surface area contributed by atoms with Crippen molar-refractivity contribution in [2.75, 3.05) is 32.8 Å². The summed E-state index contributed by atoms with van der Waals surface area (Å²) in [4.78, 5) is 0. The van der Waals surface area contributed by atoms with Gasteiger partial charge in [-0.3, -0.25) is 0 Å². The molecule has 0 fully saturated rings. The second kappa shape index (κ2) is 9.49. The van der Waals surface area contributed by atoms with Crippen LogP contribution in [-0.4, -0.2) is 38.0 Å². The van der Waals surface area contributed by atoms with Crippen molar-refractivity contribution in [2.45, 2.75) is 6.54 Å². The lowest BCUT2D eigenvalue weighted by atomic mass is 10.2. The molecule has 0 amide bonds. The van der Waals surface area contributed by atoms with Crippen LogP contribution >= 0.6 is 0 Å². The number of rotatable bonds is 9. The van der Waals surface area contributed by atoms with E-state index in [9.17, 15) is 0 Å². The largest absolute Gasteiger partial charge is 0.481 e. The summed E-state index contributed by atoms with van der Waals surface area (Å²) >= 11 is 0. The zero-order chi connectivity index (χ0) is 13.1. The van der Waals surface area contributed by atoms with Crippen LogP contribution in [0.1, 0.15) is 5.56 Å². The van der Waals surface area contributed by atoms with Crippen molar-refractivity contribution in [3.05, 3.63) is 29.8 Å². The summed E-state index contributed by atoms with van der Waals surface area (Å²) in [7, 11) is 0. The molecule has 4 nitrogen and oxygen atoms in total. The van der Waals surface area contributed by atoms with Crippen LogP contribution in [0.15, 0.2) is 24.3 Å². The van der Waals surface area contributed by atoms with Gasteiger partial charge in [0.05, 0.1) is 6.61 Å². The molecule has 0 aliphatic heterocycles. The van der Waals surface area contributed by atoms with Gasteiger partial charge in [-0.1, -0.05) is 18.1 Å². The standard InChI is InChI=1S/C14H20N2O2/c1-2-11-18-14-5-3-13(4-6-14)12-16-8-7-15-9-10-17/h1,3-6,15-17H,7-12H2. The first-order chi connectivity index (χ1) is 8.86. The summed E-state index contributed by atoms with van der Waals surface area (Å²) in [6.07, 6.45) is 5.12. The molecule has 98 valence electrons. The van der Waals surface area contributed by atoms with Gasteiger partial charge in [0.1, 0.15) is 12.4 Å². The predicted octanol–water partition coefficient (Wildman–Crippen LogP) is 0.370. The van der Waals surface area contributed by atoms with Gasteiger partial charge in [-0.05, 0) is 17.7 Å². The first-order valence-electron chi connectivity index (χ1n) is 6.04. The second-order valence-electron chi connectivity index (χ2n) is 3.79. The number of aliphatic hydroxyl groups excluding tert-OH is 1. The Bertz CT molecular complexity index is 357. The number of ether oxygens (including phenoxy) is 1. The van der Waals surface area contributed by atoms with E-state index in [2.05, 4.69) is 16.6 Å². The van der Waals surface area contributed by atoms with E-state index in [1.54, 1.807) is 0 Å². The predicted molar refractivity (Wildman–Crippen MR) is 72.4 cm³/mol. The van der Waals surface area contributed by atoms with Gasteiger partial charge >= 0.3 is 0 Å². The molecule has 0 unspecified atom stereocenters. The number of aliphatic hydroxyl groups is 1. The quantitative estimate of drug-likeness (QED) is 0.436. The van der Waals surface area contributed by atoms with Gasteiger partial charge in [0.2, 0.25) is 0 Å². The van der Waals surface area contributed by atoms with Crippen molar-refractivity contribution < 1.29 is 9.84 Å². The lowest BCUT2D eigenvalue weighted by molar-refractivity contribution is 0.292. The summed E-state index contributed by atoms with van der Waals surface area (Å²) in [6, 6.07) is 7.86. The molecule has 0 atom stereocenters. The van der Waals surface area contributed by atoms with Crippen molar-refractivity contribution >= 4 is 0 Å². The van der Waals surface area contributed by atoms with Crippen LogP contribution < -0.4 is 15.4 Å². The first kappa shape index (κ1) is 14.5. The number of hydrogen-bond acceptors (Lipinski definition) is 4. The minimum atomic E-state index is 0.180. The van der Waals surface area contributed by atoms with E-state index >= 15 is 0 Å². The number of hydrogen-bond donors (Lipinski definition) is 3. The van der Waals surface area contributed by atoms with E-state index in [-0.39, 0.29) is 6.61 Å². The molecule has 18 heavy (non-hydrogen) atoms. The van der Waals surface area contributed by atoms with Crippen LogP contribution in [0.3, 0.4) is 0 Å². The van der Waals surface area contributed by atoms with Crippen LogP contribution in [0.5, 0.6) is 5.75 Å². The Morgan fingerprint density at radius 3 is 2.50 bits per heavy atom. The smallest absolute Gasteiger partial charge is 0.148 e. The van der Waals surface area contributed by atoms with Gasteiger partial charge in [-0.2, -0.15) is 0 Å². The Morgan fingerprint density at radius 2 is 1.83 bits per heavy atom. The van der Waals surface area contributed by atoms with Crippen molar-refractivity contribution in [1.29, 1.82) is 0 Å². The Morgan fingerprint density at radius 1 is 1.11 bits per heavy atom. The Kier molecular flexibility index (Phi) is 7.65. The molecule has 3 N–H and O–H groups in total. The van der Waals surface area contributed by atoms with Gasteiger partial charge in [0.15, 0.2) is 0 Å². The molecule has 4 heteroatoms. The van der Waals surface area contributed by atoms with Gasteiger partial charge < -0.3 is 20.5 Å². The topological polar surface area (TPSA) is 53.5 Å². The fourth-order valence-electron chi connectivity index (χ4n) is 1.44. The van der Waals surface area contributed by atoms with Gasteiger partial charge in [-0.15, -0.1) is 6.42 Å². The molecule has 1 aromatic carbocycles. The summed E-state index contributed by atoms with van der Waals surface area (Å²) in [5.41, 5.74) is 1.20. The molecular weight excluding hydrogens is 228 g/mol. The first-order valence-corrected chi connectivity index (χ1v) is 6.04. The lowest BCUT2D eigenvalue weighted by Crippen LogP contribution is -2.28. The maximum absolute atomic E-state index is 8.58. The molecule has 0 aliphatic carbocycles. The van der Waals surface area contributed by atoms with E-state index in [1.165, 1.54) is 5.56 Å². The summed E-state index contributed by atoms with van der Waals surface area (Å²) in [5.74, 6) is 3.22. The van der Waals surface area contributed by atoms with Crippen LogP contribution in [0.25, 0.3) is 0 Å². The molecule has 0 spiro atoms. The Balaban J connectivity index is 2.17. The maximum atomic E-state index is 8.58. The highest BCUT2D eigenvalue weighted by atomic mass is 16.5. The molecule has 0 saturated carbocycles. The van der Waals surface area contributed by atoms with Crippen molar-refractivity contribution in [1.82, 2.24) is 10.6 Å². The van der Waals surface area contributed by atoms with Crippen LogP contribution in [0, 0.1) is 12.3 Å². The van der Waals surface area contributed by atoms with Gasteiger partial charge in [-0.25, -0.2) is 0 Å². The lowest BCUT2D eigenvalue weighted by Gasteiger charge is -2.07. The summed E-state index contributed by atoms with van der Waals surface area (Å²) in [5, 5.41) is 15.0. The van der Waals surface area contributed by atoms with Gasteiger partial charge in [0.25, 0.3) is 0 Å². The second-order valence-corrected chi connectivity index (χ2v) is 3.79. The monoisotopic (exact) mass is 248 g/mol. The summed E-state index contributed by atoms with van der Waals surface area (Å²) < 4.78 is 5.29. The van der Waals surface area contributed by atoms with E-state index in [0.29, 0.717) is 13.2 Å². The minimum Gasteiger partial charge on any atom is -0.481 e. The Hall–Kier alpha value is -1.54.